The minimum atomic E-state index is 0.0746. The smallest absolute Gasteiger partial charge is 0.0568 e. The molecule has 2 atom stereocenters. The van der Waals surface area contributed by atoms with Crippen molar-refractivity contribution in [3.05, 3.63) is 0 Å². The van der Waals surface area contributed by atoms with Crippen LogP contribution >= 0.6 is 0 Å². The van der Waals surface area contributed by atoms with Crippen molar-refractivity contribution < 1.29 is 5.11 Å². The average Bonchev–Trinajstić information content (AvgIpc) is 2.62. The second kappa shape index (κ2) is 1.98. The van der Waals surface area contributed by atoms with Crippen LogP contribution in [0.5, 0.6) is 0 Å². The maximum Gasteiger partial charge on any atom is 0.0568 e. The van der Waals surface area contributed by atoms with Crippen molar-refractivity contribution in [1.82, 2.24) is 0 Å². The number of rotatable bonds is 2. The van der Waals surface area contributed by atoms with Gasteiger partial charge in [-0.3, -0.25) is 0 Å². The molecule has 2 rings (SSSR count). The van der Waals surface area contributed by atoms with Gasteiger partial charge in [-0.25, -0.2) is 0 Å². The van der Waals surface area contributed by atoms with Gasteiger partial charge < -0.3 is 5.11 Å². The monoisotopic (exact) mass is 126 g/mol. The summed E-state index contributed by atoms with van der Waals surface area (Å²) in [5, 5.41) is 9.18. The van der Waals surface area contributed by atoms with Gasteiger partial charge in [0.25, 0.3) is 0 Å². The van der Waals surface area contributed by atoms with Gasteiger partial charge in [-0.2, -0.15) is 0 Å². The van der Waals surface area contributed by atoms with E-state index in [1.807, 2.05) is 0 Å². The second-order valence-corrected chi connectivity index (χ2v) is 3.58. The number of hydrogen-bond acceptors (Lipinski definition) is 1. The molecular formula is C8H14O. The third-order valence-electron chi connectivity index (χ3n) is 2.71. The Morgan fingerprint density at radius 3 is 2.22 bits per heavy atom. The predicted octanol–water partition coefficient (Wildman–Crippen LogP) is 1.56. The normalized spacial score (nSPS) is 42.3. The van der Waals surface area contributed by atoms with E-state index in [0.717, 1.165) is 12.3 Å². The Morgan fingerprint density at radius 2 is 1.89 bits per heavy atom. The van der Waals surface area contributed by atoms with E-state index in [0.29, 0.717) is 5.92 Å². The Kier molecular flexibility index (Phi) is 1.26. The summed E-state index contributed by atoms with van der Waals surface area (Å²) in [4.78, 5) is 0. The fraction of sp³-hybridized carbons (Fsp3) is 1.00. The van der Waals surface area contributed by atoms with Crippen LogP contribution in [0.2, 0.25) is 0 Å². The van der Waals surface area contributed by atoms with E-state index >= 15 is 0 Å². The van der Waals surface area contributed by atoms with Gasteiger partial charge in [0, 0.05) is 0 Å². The molecule has 0 aromatic rings. The molecule has 2 unspecified atom stereocenters. The fourth-order valence-corrected chi connectivity index (χ4v) is 1.61. The molecule has 2 saturated carbocycles. The van der Waals surface area contributed by atoms with Gasteiger partial charge in [0.1, 0.15) is 0 Å². The van der Waals surface area contributed by atoms with E-state index in [-0.39, 0.29) is 6.10 Å². The van der Waals surface area contributed by atoms with Gasteiger partial charge in [-0.15, -0.1) is 0 Å². The second-order valence-electron chi connectivity index (χ2n) is 3.58. The first kappa shape index (κ1) is 5.72. The Labute approximate surface area is 56.1 Å². The molecule has 0 aromatic heterocycles. The van der Waals surface area contributed by atoms with E-state index in [9.17, 15) is 5.11 Å². The van der Waals surface area contributed by atoms with Crippen molar-refractivity contribution in [3.8, 4) is 0 Å². The summed E-state index contributed by atoms with van der Waals surface area (Å²) in [6.07, 6.45) is 6.62. The highest BCUT2D eigenvalue weighted by atomic mass is 16.3. The van der Waals surface area contributed by atoms with Gasteiger partial charge in [0.05, 0.1) is 6.10 Å². The van der Waals surface area contributed by atoms with E-state index in [1.54, 1.807) is 0 Å². The van der Waals surface area contributed by atoms with Crippen LogP contribution in [0.15, 0.2) is 0 Å². The number of aliphatic hydroxyl groups excluding tert-OH is 1. The number of aliphatic hydroxyl groups is 1. The summed E-state index contributed by atoms with van der Waals surface area (Å²) in [7, 11) is 0. The van der Waals surface area contributed by atoms with Gasteiger partial charge in [-0.1, -0.05) is 12.8 Å². The molecule has 0 bridgehead atoms. The molecule has 0 saturated heterocycles. The third kappa shape index (κ3) is 1.11. The Balaban J connectivity index is 1.72. The standard InChI is InChI=1S/C8H14O/c9-8-4-3-7(8)5-6-1-2-6/h6-9H,1-5H2. The highest BCUT2D eigenvalue weighted by Gasteiger charge is 2.34. The predicted molar refractivity (Wildman–Crippen MR) is 36.1 cm³/mol. The van der Waals surface area contributed by atoms with Gasteiger partial charge >= 0.3 is 0 Å². The van der Waals surface area contributed by atoms with Crippen molar-refractivity contribution in [2.75, 3.05) is 0 Å². The van der Waals surface area contributed by atoms with Gasteiger partial charge in [0.15, 0.2) is 0 Å². The lowest BCUT2D eigenvalue weighted by atomic mass is 9.78. The van der Waals surface area contributed by atoms with Crippen molar-refractivity contribution in [2.24, 2.45) is 11.8 Å². The first-order valence-corrected chi connectivity index (χ1v) is 4.04. The quantitative estimate of drug-likeness (QED) is 0.595. The van der Waals surface area contributed by atoms with Crippen LogP contribution in [0.3, 0.4) is 0 Å². The van der Waals surface area contributed by atoms with E-state index < -0.39 is 0 Å². The highest BCUT2D eigenvalue weighted by molar-refractivity contribution is 4.85. The summed E-state index contributed by atoms with van der Waals surface area (Å²) in [6, 6.07) is 0. The lowest BCUT2D eigenvalue weighted by molar-refractivity contribution is 0.0165. The molecule has 0 radical (unpaired) electrons. The summed E-state index contributed by atoms with van der Waals surface area (Å²) in [5.41, 5.74) is 0. The lowest BCUT2D eigenvalue weighted by Crippen LogP contribution is -2.31. The Bertz CT molecular complexity index is 107. The topological polar surface area (TPSA) is 20.2 Å². The van der Waals surface area contributed by atoms with Crippen molar-refractivity contribution in [2.45, 2.75) is 38.2 Å². The van der Waals surface area contributed by atoms with Crippen LogP contribution in [0.25, 0.3) is 0 Å². The van der Waals surface area contributed by atoms with Crippen LogP contribution in [0, 0.1) is 11.8 Å². The van der Waals surface area contributed by atoms with Crippen LogP contribution in [-0.4, -0.2) is 11.2 Å². The first-order valence-electron chi connectivity index (χ1n) is 4.04. The third-order valence-corrected chi connectivity index (χ3v) is 2.71. The first-order chi connectivity index (χ1) is 4.36. The molecule has 0 aliphatic heterocycles. The van der Waals surface area contributed by atoms with Crippen LogP contribution in [-0.2, 0) is 0 Å². The lowest BCUT2D eigenvalue weighted by Gasteiger charge is -2.32. The summed E-state index contributed by atoms with van der Waals surface area (Å²) in [5.74, 6) is 1.70. The molecule has 0 spiro atoms. The molecule has 2 aliphatic carbocycles. The molecule has 0 amide bonds. The summed E-state index contributed by atoms with van der Waals surface area (Å²) >= 11 is 0. The summed E-state index contributed by atoms with van der Waals surface area (Å²) < 4.78 is 0. The highest BCUT2D eigenvalue weighted by Crippen LogP contribution is 2.41. The largest absolute Gasteiger partial charge is 0.393 e. The van der Waals surface area contributed by atoms with Crippen molar-refractivity contribution in [1.29, 1.82) is 0 Å². The zero-order valence-corrected chi connectivity index (χ0v) is 5.71. The van der Waals surface area contributed by atoms with Crippen LogP contribution < -0.4 is 0 Å². The van der Waals surface area contributed by atoms with E-state index in [4.69, 9.17) is 0 Å². The molecule has 1 N–H and O–H groups in total. The van der Waals surface area contributed by atoms with Crippen molar-refractivity contribution in [3.63, 3.8) is 0 Å². The molecule has 2 fully saturated rings. The minimum Gasteiger partial charge on any atom is -0.393 e. The van der Waals surface area contributed by atoms with Crippen molar-refractivity contribution >= 4 is 0 Å². The maximum atomic E-state index is 9.18. The molecule has 1 nitrogen and oxygen atoms in total. The Morgan fingerprint density at radius 1 is 1.11 bits per heavy atom. The number of hydrogen-bond donors (Lipinski definition) is 1. The SMILES string of the molecule is OC1CCC1CC1CC1. The zero-order valence-electron chi connectivity index (χ0n) is 5.71. The maximum absolute atomic E-state index is 9.18. The van der Waals surface area contributed by atoms with Crippen LogP contribution in [0.4, 0.5) is 0 Å². The van der Waals surface area contributed by atoms with Crippen LogP contribution in [0.1, 0.15) is 32.1 Å². The molecular weight excluding hydrogens is 112 g/mol. The fourth-order valence-electron chi connectivity index (χ4n) is 1.61. The zero-order chi connectivity index (χ0) is 6.27. The Hall–Kier alpha value is -0.0400. The summed E-state index contributed by atoms with van der Waals surface area (Å²) in [6.45, 7) is 0. The van der Waals surface area contributed by atoms with E-state index in [1.165, 1.54) is 25.7 Å². The molecule has 52 valence electrons. The molecule has 9 heavy (non-hydrogen) atoms. The minimum absolute atomic E-state index is 0.0746. The van der Waals surface area contributed by atoms with E-state index in [2.05, 4.69) is 0 Å². The molecule has 0 aromatic carbocycles. The van der Waals surface area contributed by atoms with Gasteiger partial charge in [0.2, 0.25) is 0 Å². The average molecular weight is 126 g/mol. The molecule has 0 heterocycles. The molecule has 2 aliphatic rings. The molecule has 1 heteroatoms. The van der Waals surface area contributed by atoms with Gasteiger partial charge in [-0.05, 0) is 31.1 Å².